The zero-order valence-electron chi connectivity index (χ0n) is 19.5. The number of hydrogen-bond donors (Lipinski definition) is 2. The summed E-state index contributed by atoms with van der Waals surface area (Å²) >= 11 is 0. The van der Waals surface area contributed by atoms with E-state index in [-0.39, 0.29) is 41.4 Å². The van der Waals surface area contributed by atoms with E-state index in [1.807, 2.05) is 11.0 Å². The number of aliphatic hydroxyl groups is 1. The van der Waals surface area contributed by atoms with Crippen molar-refractivity contribution in [1.82, 2.24) is 14.7 Å². The van der Waals surface area contributed by atoms with Gasteiger partial charge < -0.3 is 24.7 Å². The summed E-state index contributed by atoms with van der Waals surface area (Å²) in [5, 5.41) is 20.2. The highest BCUT2D eigenvalue weighted by atomic mass is 16.5. The highest BCUT2D eigenvalue weighted by Gasteiger charge is 2.74. The van der Waals surface area contributed by atoms with Gasteiger partial charge in [0.1, 0.15) is 6.10 Å². The van der Waals surface area contributed by atoms with E-state index in [0.29, 0.717) is 18.3 Å². The van der Waals surface area contributed by atoms with Crippen LogP contribution in [-0.4, -0.2) is 89.0 Å². The molecule has 4 heterocycles. The van der Waals surface area contributed by atoms with Crippen LogP contribution in [0.3, 0.4) is 0 Å². The lowest BCUT2D eigenvalue weighted by molar-refractivity contribution is -0.129. The Morgan fingerprint density at radius 1 is 1.21 bits per heavy atom. The van der Waals surface area contributed by atoms with Gasteiger partial charge in [-0.25, -0.2) is 4.79 Å². The molecule has 1 aromatic rings. The average Bonchev–Trinajstić information content (AvgIpc) is 3.59. The van der Waals surface area contributed by atoms with E-state index in [0.717, 1.165) is 51.1 Å². The number of likely N-dealkylation sites (N-methyl/N-ethyl adjacent to an activating group) is 1. The average molecular weight is 454 g/mol. The predicted molar refractivity (Wildman–Crippen MR) is 122 cm³/mol. The van der Waals surface area contributed by atoms with E-state index in [9.17, 15) is 15.0 Å². The Bertz CT molecular complexity index is 1010. The number of likely N-dealkylation sites (tertiary alicyclic amines) is 1. The first-order chi connectivity index (χ1) is 16.0. The molecule has 7 aliphatic rings. The molecule has 2 spiro atoms. The zero-order chi connectivity index (χ0) is 22.5. The third-order valence-corrected chi connectivity index (χ3v) is 10.2. The molecule has 0 aromatic heterocycles. The number of benzene rings is 1. The van der Waals surface area contributed by atoms with Crippen LogP contribution in [0, 0.1) is 11.3 Å². The summed E-state index contributed by atoms with van der Waals surface area (Å²) in [5.41, 5.74) is 2.59. The zero-order valence-corrected chi connectivity index (χ0v) is 19.5. The molecule has 7 heteroatoms. The Labute approximate surface area is 195 Å². The number of phenolic OH excluding ortho intramolecular Hbond substituents is 1. The van der Waals surface area contributed by atoms with Crippen LogP contribution in [0.1, 0.15) is 49.7 Å². The maximum absolute atomic E-state index is 13.5. The molecule has 3 aliphatic carbocycles. The SMILES string of the molecule is CN(CCO)C(=O)N1CC[C@@]23CC[C@@H]1[C@@H]1Oc4c(O)ccc5c4[C@@]12CCN(CC1CC1)[C@@H]3C5. The second kappa shape index (κ2) is 6.79. The number of carbonyl (C=O) groups excluding carboxylic acids is 1. The van der Waals surface area contributed by atoms with Crippen LogP contribution in [0.5, 0.6) is 11.5 Å². The van der Waals surface area contributed by atoms with E-state index >= 15 is 0 Å². The van der Waals surface area contributed by atoms with Gasteiger partial charge in [-0.2, -0.15) is 0 Å². The summed E-state index contributed by atoms with van der Waals surface area (Å²) in [5.74, 6) is 1.80. The van der Waals surface area contributed by atoms with Crippen molar-refractivity contribution in [2.45, 2.75) is 68.5 Å². The van der Waals surface area contributed by atoms with Crippen LogP contribution in [0.2, 0.25) is 0 Å². The molecular formula is C26H35N3O4. The predicted octanol–water partition coefficient (Wildman–Crippen LogP) is 2.33. The quantitative estimate of drug-likeness (QED) is 0.732. The van der Waals surface area contributed by atoms with E-state index in [2.05, 4.69) is 11.0 Å². The number of aliphatic hydroxyl groups excluding tert-OH is 1. The Kier molecular flexibility index (Phi) is 4.19. The van der Waals surface area contributed by atoms with Crippen molar-refractivity contribution in [3.8, 4) is 11.5 Å². The minimum Gasteiger partial charge on any atom is -0.504 e. The van der Waals surface area contributed by atoms with Gasteiger partial charge in [0.25, 0.3) is 0 Å². The lowest BCUT2D eigenvalue weighted by Gasteiger charge is -2.66. The number of piperidine rings is 1. The molecular weight excluding hydrogens is 418 g/mol. The van der Waals surface area contributed by atoms with Crippen LogP contribution in [0.4, 0.5) is 4.79 Å². The molecule has 3 saturated heterocycles. The lowest BCUT2D eigenvalue weighted by Crippen LogP contribution is -2.73. The molecule has 33 heavy (non-hydrogen) atoms. The number of amides is 2. The van der Waals surface area contributed by atoms with Gasteiger partial charge in [0, 0.05) is 49.1 Å². The third kappa shape index (κ3) is 2.45. The molecule has 0 radical (unpaired) electrons. The second-order valence-corrected chi connectivity index (χ2v) is 11.5. The maximum Gasteiger partial charge on any atom is 0.320 e. The molecule has 4 aliphatic heterocycles. The fourth-order valence-electron chi connectivity index (χ4n) is 8.69. The summed E-state index contributed by atoms with van der Waals surface area (Å²) in [6.45, 7) is 3.35. The van der Waals surface area contributed by atoms with Gasteiger partial charge >= 0.3 is 6.03 Å². The van der Waals surface area contributed by atoms with Gasteiger partial charge in [-0.1, -0.05) is 6.07 Å². The molecule has 2 amide bonds. The van der Waals surface area contributed by atoms with Crippen LogP contribution < -0.4 is 4.74 Å². The number of hydrogen-bond acceptors (Lipinski definition) is 5. The molecule has 7 nitrogen and oxygen atoms in total. The van der Waals surface area contributed by atoms with Crippen molar-refractivity contribution in [1.29, 1.82) is 0 Å². The van der Waals surface area contributed by atoms with Crippen LogP contribution in [0.25, 0.3) is 0 Å². The molecule has 4 bridgehead atoms. The normalized spacial score (nSPS) is 38.0. The van der Waals surface area contributed by atoms with E-state index in [1.165, 1.54) is 30.5 Å². The first kappa shape index (κ1) is 20.4. The Morgan fingerprint density at radius 3 is 2.85 bits per heavy atom. The standard InChI is InChI=1S/C26H35N3O4/c1-27(12-13-30)24(32)29-11-8-25-7-6-18(29)23-26(25)9-10-28(15-16-2-3-16)20(25)14-17-4-5-19(31)22(33-23)21(17)26/h4-5,16,18,20,23,30-31H,2-3,6-15H2,1H3/t18-,20-,23+,25-,26+/m1/s1. The molecule has 2 N–H and O–H groups in total. The number of carbonyl (C=O) groups is 1. The van der Waals surface area contributed by atoms with Crippen molar-refractivity contribution in [3.63, 3.8) is 0 Å². The molecule has 178 valence electrons. The maximum atomic E-state index is 13.5. The monoisotopic (exact) mass is 453 g/mol. The summed E-state index contributed by atoms with van der Waals surface area (Å²) in [4.78, 5) is 20.0. The third-order valence-electron chi connectivity index (χ3n) is 10.2. The van der Waals surface area contributed by atoms with Gasteiger partial charge in [-0.3, -0.25) is 4.90 Å². The van der Waals surface area contributed by atoms with Crippen LogP contribution in [0.15, 0.2) is 12.1 Å². The molecule has 1 aromatic carbocycles. The topological polar surface area (TPSA) is 76.5 Å². The molecule has 8 rings (SSSR count). The van der Waals surface area contributed by atoms with Gasteiger partial charge in [-0.05, 0) is 69.0 Å². The number of rotatable bonds is 4. The van der Waals surface area contributed by atoms with Gasteiger partial charge in [-0.15, -0.1) is 0 Å². The van der Waals surface area contributed by atoms with Crippen LogP contribution >= 0.6 is 0 Å². The number of nitrogens with zero attached hydrogens (tertiary/aromatic N) is 3. The van der Waals surface area contributed by atoms with Gasteiger partial charge in [0.05, 0.1) is 12.6 Å². The first-order valence-electron chi connectivity index (χ1n) is 12.9. The molecule has 0 unspecified atom stereocenters. The van der Waals surface area contributed by atoms with Gasteiger partial charge in [0.2, 0.25) is 0 Å². The second-order valence-electron chi connectivity index (χ2n) is 11.5. The molecule has 5 atom stereocenters. The van der Waals surface area contributed by atoms with E-state index < -0.39 is 0 Å². The number of fused-ring (bicyclic) bond motifs is 3. The highest BCUT2D eigenvalue weighted by molar-refractivity contribution is 5.75. The fourth-order valence-corrected chi connectivity index (χ4v) is 8.69. The summed E-state index contributed by atoms with van der Waals surface area (Å²) in [6, 6.07) is 4.43. The Hall–Kier alpha value is -1.99. The number of aromatic hydroxyl groups is 1. The fraction of sp³-hybridized carbons (Fsp3) is 0.731. The van der Waals surface area contributed by atoms with Crippen molar-refractivity contribution in [2.24, 2.45) is 11.3 Å². The number of urea groups is 1. The lowest BCUT2D eigenvalue weighted by atomic mass is 9.42. The van der Waals surface area contributed by atoms with Crippen molar-refractivity contribution >= 4 is 6.03 Å². The largest absolute Gasteiger partial charge is 0.504 e. The van der Waals surface area contributed by atoms with Crippen molar-refractivity contribution in [2.75, 3.05) is 39.8 Å². The van der Waals surface area contributed by atoms with Crippen molar-refractivity contribution < 1.29 is 19.7 Å². The highest BCUT2D eigenvalue weighted by Crippen LogP contribution is 2.71. The molecule has 2 saturated carbocycles. The smallest absolute Gasteiger partial charge is 0.320 e. The van der Waals surface area contributed by atoms with Gasteiger partial charge in [0.15, 0.2) is 11.5 Å². The minimum atomic E-state index is -0.118. The minimum absolute atomic E-state index is 0.00245. The Morgan fingerprint density at radius 2 is 2.06 bits per heavy atom. The summed E-state index contributed by atoms with van der Waals surface area (Å²) in [6.07, 6.45) is 7.75. The molecule has 5 fully saturated rings. The summed E-state index contributed by atoms with van der Waals surface area (Å²) < 4.78 is 6.74. The Balaban J connectivity index is 1.38. The summed E-state index contributed by atoms with van der Waals surface area (Å²) in [7, 11) is 1.78. The van der Waals surface area contributed by atoms with E-state index in [1.54, 1.807) is 11.9 Å². The van der Waals surface area contributed by atoms with Crippen LogP contribution in [-0.2, 0) is 11.8 Å². The number of ether oxygens (including phenoxy) is 1. The number of phenols is 1. The van der Waals surface area contributed by atoms with Crippen molar-refractivity contribution in [3.05, 3.63) is 23.3 Å². The van der Waals surface area contributed by atoms with E-state index in [4.69, 9.17) is 4.74 Å². The first-order valence-corrected chi connectivity index (χ1v) is 12.9.